The first-order valence-electron chi connectivity index (χ1n) is 6.33. The Morgan fingerprint density at radius 3 is 2.85 bits per heavy atom. The first kappa shape index (κ1) is 14.2. The molecule has 0 radical (unpaired) electrons. The van der Waals surface area contributed by atoms with Crippen LogP contribution in [0.5, 0.6) is 0 Å². The van der Waals surface area contributed by atoms with Gasteiger partial charge in [0.25, 0.3) is 0 Å². The van der Waals surface area contributed by atoms with E-state index in [2.05, 4.69) is 4.99 Å². The molecule has 3 rings (SSSR count). The summed E-state index contributed by atoms with van der Waals surface area (Å²) >= 11 is 7.75. The van der Waals surface area contributed by atoms with Crippen molar-refractivity contribution in [1.82, 2.24) is 4.90 Å². The Hall–Kier alpha value is -0.720. The lowest BCUT2D eigenvalue weighted by Crippen LogP contribution is -2.35. The molecule has 0 spiro atoms. The summed E-state index contributed by atoms with van der Waals surface area (Å²) in [4.78, 5) is 6.55. The van der Waals surface area contributed by atoms with Crippen LogP contribution in [0, 0.1) is 0 Å². The number of fused-ring (bicyclic) bond motifs is 1. The Kier molecular flexibility index (Phi) is 3.73. The number of rotatable bonds is 2. The van der Waals surface area contributed by atoms with Crippen molar-refractivity contribution < 1.29 is 8.42 Å². The molecule has 1 aromatic rings. The van der Waals surface area contributed by atoms with Gasteiger partial charge in [-0.25, -0.2) is 8.42 Å². The summed E-state index contributed by atoms with van der Waals surface area (Å²) < 4.78 is 23.2. The van der Waals surface area contributed by atoms with Gasteiger partial charge in [0.05, 0.1) is 23.6 Å². The molecule has 2 aliphatic rings. The lowest BCUT2D eigenvalue weighted by atomic mass is 10.2. The van der Waals surface area contributed by atoms with Gasteiger partial charge in [0.2, 0.25) is 0 Å². The number of hydrogen-bond acceptors (Lipinski definition) is 5. The topological polar surface area (TPSA) is 49.7 Å². The van der Waals surface area contributed by atoms with E-state index in [1.54, 1.807) is 11.8 Å². The van der Waals surface area contributed by atoms with Gasteiger partial charge in [0, 0.05) is 17.8 Å². The molecule has 1 saturated heterocycles. The van der Waals surface area contributed by atoms with Crippen LogP contribution in [0.25, 0.3) is 0 Å². The van der Waals surface area contributed by atoms with Crippen LogP contribution in [-0.4, -0.2) is 49.1 Å². The fourth-order valence-electron chi connectivity index (χ4n) is 2.58. The molecular weight excluding hydrogens is 316 g/mol. The van der Waals surface area contributed by atoms with Gasteiger partial charge in [-0.3, -0.25) is 4.99 Å². The second-order valence-corrected chi connectivity index (χ2v) is 8.62. The highest BCUT2D eigenvalue weighted by Gasteiger charge is 2.44. The monoisotopic (exact) mass is 330 g/mol. The SMILES string of the molecule is CN1C(SCc2ccccc2Cl)=N[C@H]2CS(=O)(=O)C[C@@H]21. The number of likely N-dealkylation sites (N-methyl/N-ethyl adjacent to an activating group) is 1. The van der Waals surface area contributed by atoms with Crippen LogP contribution in [0.2, 0.25) is 5.02 Å². The second-order valence-electron chi connectivity index (χ2n) is 5.11. The number of aliphatic imine (C=N–C) groups is 1. The van der Waals surface area contributed by atoms with Crippen molar-refractivity contribution in [2.24, 2.45) is 4.99 Å². The maximum atomic E-state index is 11.6. The van der Waals surface area contributed by atoms with E-state index in [9.17, 15) is 8.42 Å². The molecule has 2 heterocycles. The Bertz CT molecular complexity index is 660. The Labute approximate surface area is 128 Å². The largest absolute Gasteiger partial charge is 0.348 e. The summed E-state index contributed by atoms with van der Waals surface area (Å²) in [5.74, 6) is 1.14. The summed E-state index contributed by atoms with van der Waals surface area (Å²) in [5.41, 5.74) is 1.07. The molecule has 20 heavy (non-hydrogen) atoms. The highest BCUT2D eigenvalue weighted by Crippen LogP contribution is 2.31. The molecule has 4 nitrogen and oxygen atoms in total. The van der Waals surface area contributed by atoms with Crippen LogP contribution >= 0.6 is 23.4 Å². The summed E-state index contributed by atoms with van der Waals surface area (Å²) in [7, 11) is -0.994. The van der Waals surface area contributed by atoms with Gasteiger partial charge in [0.1, 0.15) is 0 Å². The van der Waals surface area contributed by atoms with Crippen molar-refractivity contribution >= 4 is 38.4 Å². The first-order chi connectivity index (χ1) is 9.46. The zero-order valence-electron chi connectivity index (χ0n) is 11.0. The fourth-order valence-corrected chi connectivity index (χ4v) is 5.86. The van der Waals surface area contributed by atoms with Crippen LogP contribution in [0.1, 0.15) is 5.56 Å². The third kappa shape index (κ3) is 2.69. The molecule has 108 valence electrons. The summed E-state index contributed by atoms with van der Waals surface area (Å²) in [6, 6.07) is 7.65. The third-order valence-electron chi connectivity index (χ3n) is 3.68. The zero-order valence-corrected chi connectivity index (χ0v) is 13.4. The lowest BCUT2D eigenvalue weighted by molar-refractivity contribution is 0.410. The van der Waals surface area contributed by atoms with E-state index in [4.69, 9.17) is 11.6 Å². The first-order valence-corrected chi connectivity index (χ1v) is 9.52. The van der Waals surface area contributed by atoms with Crippen molar-refractivity contribution in [3.63, 3.8) is 0 Å². The molecule has 0 aromatic heterocycles. The van der Waals surface area contributed by atoms with Gasteiger partial charge in [-0.1, -0.05) is 41.6 Å². The predicted molar refractivity (Wildman–Crippen MR) is 84.2 cm³/mol. The van der Waals surface area contributed by atoms with E-state index in [-0.39, 0.29) is 23.6 Å². The zero-order chi connectivity index (χ0) is 14.3. The minimum Gasteiger partial charge on any atom is -0.348 e. The molecule has 0 unspecified atom stereocenters. The predicted octanol–water partition coefficient (Wildman–Crippen LogP) is 2.04. The van der Waals surface area contributed by atoms with E-state index < -0.39 is 9.84 Å². The maximum Gasteiger partial charge on any atom is 0.159 e. The van der Waals surface area contributed by atoms with Gasteiger partial charge in [-0.15, -0.1) is 0 Å². The van der Waals surface area contributed by atoms with Gasteiger partial charge in [-0.2, -0.15) is 0 Å². The minimum absolute atomic E-state index is 0.00810. The average Bonchev–Trinajstić information content (AvgIpc) is 2.83. The lowest BCUT2D eigenvalue weighted by Gasteiger charge is -2.20. The molecule has 0 bridgehead atoms. The minimum atomic E-state index is -2.91. The highest BCUT2D eigenvalue weighted by molar-refractivity contribution is 8.13. The van der Waals surface area contributed by atoms with Crippen LogP contribution in [0.4, 0.5) is 0 Å². The number of thioether (sulfide) groups is 1. The van der Waals surface area contributed by atoms with E-state index in [1.165, 1.54) is 0 Å². The molecule has 7 heteroatoms. The molecule has 1 fully saturated rings. The van der Waals surface area contributed by atoms with E-state index in [0.29, 0.717) is 0 Å². The van der Waals surface area contributed by atoms with Gasteiger partial charge >= 0.3 is 0 Å². The molecule has 0 saturated carbocycles. The molecule has 2 aliphatic heterocycles. The molecule has 0 aliphatic carbocycles. The van der Waals surface area contributed by atoms with Crippen molar-refractivity contribution in [1.29, 1.82) is 0 Å². The quantitative estimate of drug-likeness (QED) is 0.832. The molecule has 2 atom stereocenters. The van der Waals surface area contributed by atoms with Crippen molar-refractivity contribution in [3.05, 3.63) is 34.9 Å². The molecule has 0 amide bonds. The summed E-state index contributed by atoms with van der Waals surface area (Å²) in [6.45, 7) is 0. The maximum absolute atomic E-state index is 11.6. The molecule has 0 N–H and O–H groups in total. The standard InChI is InChI=1S/C13H15ClN2O2S2/c1-16-12-8-20(17,18)7-11(12)15-13(16)19-6-9-4-2-3-5-10(9)14/h2-5,11-12H,6-8H2,1H3/t11-,12-/m0/s1. The van der Waals surface area contributed by atoms with Crippen LogP contribution in [0.15, 0.2) is 29.3 Å². The van der Waals surface area contributed by atoms with E-state index in [1.807, 2.05) is 36.2 Å². The smallest absolute Gasteiger partial charge is 0.159 e. The third-order valence-corrected chi connectivity index (χ3v) is 6.86. The molecular formula is C13H15ClN2O2S2. The van der Waals surface area contributed by atoms with Crippen LogP contribution in [-0.2, 0) is 15.6 Å². The summed E-state index contributed by atoms with van der Waals surface area (Å²) in [5, 5.41) is 1.67. The van der Waals surface area contributed by atoms with Crippen molar-refractivity contribution in [2.75, 3.05) is 18.6 Å². The Balaban J connectivity index is 1.69. The van der Waals surface area contributed by atoms with Gasteiger partial charge in [-0.05, 0) is 11.6 Å². The molecule has 1 aromatic carbocycles. The van der Waals surface area contributed by atoms with Gasteiger partial charge in [0.15, 0.2) is 15.0 Å². The van der Waals surface area contributed by atoms with Crippen molar-refractivity contribution in [3.8, 4) is 0 Å². The number of amidine groups is 1. The highest BCUT2D eigenvalue weighted by atomic mass is 35.5. The number of hydrogen-bond donors (Lipinski definition) is 0. The normalized spacial score (nSPS) is 27.5. The Morgan fingerprint density at radius 1 is 1.40 bits per heavy atom. The second kappa shape index (κ2) is 5.24. The number of sulfone groups is 1. The van der Waals surface area contributed by atoms with E-state index in [0.717, 1.165) is 21.5 Å². The van der Waals surface area contributed by atoms with Crippen molar-refractivity contribution in [2.45, 2.75) is 17.8 Å². The fraction of sp³-hybridized carbons (Fsp3) is 0.462. The number of halogens is 1. The Morgan fingerprint density at radius 2 is 2.15 bits per heavy atom. The van der Waals surface area contributed by atoms with Gasteiger partial charge < -0.3 is 4.90 Å². The number of nitrogens with zero attached hydrogens (tertiary/aromatic N) is 2. The summed E-state index contributed by atoms with van der Waals surface area (Å²) in [6.07, 6.45) is 0. The van der Waals surface area contributed by atoms with Crippen LogP contribution < -0.4 is 0 Å². The van der Waals surface area contributed by atoms with E-state index >= 15 is 0 Å². The van der Waals surface area contributed by atoms with Crippen LogP contribution in [0.3, 0.4) is 0 Å². The average molecular weight is 331 g/mol. The number of benzene rings is 1.